The molecule has 0 bridgehead atoms. The van der Waals surface area contributed by atoms with E-state index < -0.39 is 23.1 Å². The number of ether oxygens (including phenoxy) is 1. The van der Waals surface area contributed by atoms with E-state index in [9.17, 15) is 13.6 Å². The highest BCUT2D eigenvalue weighted by molar-refractivity contribution is 7.16. The molecule has 1 heterocycles. The largest absolute Gasteiger partial charge is 0.383 e. The fourth-order valence-electron chi connectivity index (χ4n) is 2.42. The number of carbonyl (C=O) groups excluding carboxylic acids is 1. The van der Waals surface area contributed by atoms with Crippen molar-refractivity contribution in [1.82, 2.24) is 4.57 Å². The van der Waals surface area contributed by atoms with E-state index in [1.54, 1.807) is 16.7 Å². The number of thiazole rings is 1. The quantitative estimate of drug-likeness (QED) is 0.619. The van der Waals surface area contributed by atoms with Crippen LogP contribution in [0.25, 0.3) is 10.2 Å². The molecule has 0 radical (unpaired) electrons. The molecule has 1 amide bonds. The zero-order valence-electron chi connectivity index (χ0n) is 13.4. The maximum atomic E-state index is 13.8. The Morgan fingerprint density at radius 3 is 2.58 bits per heavy atom. The fraction of sp³-hybridized carbons (Fsp3) is 0.176. The van der Waals surface area contributed by atoms with Gasteiger partial charge < -0.3 is 9.30 Å². The first-order chi connectivity index (χ1) is 12.4. The molecule has 0 aliphatic rings. The summed E-state index contributed by atoms with van der Waals surface area (Å²) >= 11 is 13.5. The van der Waals surface area contributed by atoms with Crippen molar-refractivity contribution >= 4 is 50.7 Å². The summed E-state index contributed by atoms with van der Waals surface area (Å²) in [5.41, 5.74) is -0.117. The zero-order valence-corrected chi connectivity index (χ0v) is 15.8. The second-order valence-corrected chi connectivity index (χ2v) is 7.05. The molecule has 4 nitrogen and oxygen atoms in total. The number of nitrogens with zero attached hydrogens (tertiary/aromatic N) is 2. The van der Waals surface area contributed by atoms with Crippen molar-refractivity contribution in [3.05, 3.63) is 62.4 Å². The Hall–Kier alpha value is -1.80. The lowest BCUT2D eigenvalue weighted by atomic mass is 10.2. The Bertz CT molecular complexity index is 1040. The van der Waals surface area contributed by atoms with Crippen LogP contribution in [0.1, 0.15) is 10.4 Å². The summed E-state index contributed by atoms with van der Waals surface area (Å²) in [6, 6.07) is 6.57. The minimum atomic E-state index is -1.01. The van der Waals surface area contributed by atoms with Gasteiger partial charge in [-0.1, -0.05) is 40.6 Å². The van der Waals surface area contributed by atoms with Gasteiger partial charge in [-0.05, 0) is 24.3 Å². The van der Waals surface area contributed by atoms with E-state index in [0.717, 1.165) is 28.2 Å². The maximum Gasteiger partial charge on any atom is 0.285 e. The summed E-state index contributed by atoms with van der Waals surface area (Å²) < 4.78 is 35.1. The van der Waals surface area contributed by atoms with Crippen molar-refractivity contribution < 1.29 is 18.3 Å². The molecule has 1 aromatic heterocycles. The van der Waals surface area contributed by atoms with Crippen molar-refractivity contribution in [2.75, 3.05) is 13.7 Å². The monoisotopic (exact) mass is 416 g/mol. The first kappa shape index (κ1) is 19.0. The molecule has 0 aliphatic heterocycles. The number of fused-ring (bicyclic) bond motifs is 1. The van der Waals surface area contributed by atoms with Crippen molar-refractivity contribution in [1.29, 1.82) is 0 Å². The number of amides is 1. The summed E-state index contributed by atoms with van der Waals surface area (Å²) in [6.07, 6.45) is 0. The average molecular weight is 417 g/mol. The van der Waals surface area contributed by atoms with Gasteiger partial charge in [0.1, 0.15) is 17.2 Å². The Kier molecular flexibility index (Phi) is 5.72. The van der Waals surface area contributed by atoms with Crippen LogP contribution in [0.3, 0.4) is 0 Å². The topological polar surface area (TPSA) is 43.6 Å². The van der Waals surface area contributed by atoms with Crippen LogP contribution in [0, 0.1) is 11.6 Å². The Balaban J connectivity index is 2.22. The van der Waals surface area contributed by atoms with Gasteiger partial charge in [0, 0.05) is 13.7 Å². The third-order valence-corrected chi connectivity index (χ3v) is 5.46. The third kappa shape index (κ3) is 3.53. The number of hydrogen-bond donors (Lipinski definition) is 0. The highest BCUT2D eigenvalue weighted by Crippen LogP contribution is 2.32. The Morgan fingerprint density at radius 2 is 1.92 bits per heavy atom. The lowest BCUT2D eigenvalue weighted by Crippen LogP contribution is -2.20. The number of benzene rings is 2. The second kappa shape index (κ2) is 7.84. The van der Waals surface area contributed by atoms with Crippen LogP contribution in [0.5, 0.6) is 0 Å². The molecular weight excluding hydrogens is 405 g/mol. The van der Waals surface area contributed by atoms with E-state index in [1.807, 2.05) is 0 Å². The van der Waals surface area contributed by atoms with Crippen LogP contribution >= 0.6 is 34.5 Å². The molecule has 9 heteroatoms. The molecule has 0 spiro atoms. The number of methoxy groups -OCH3 is 1. The van der Waals surface area contributed by atoms with Gasteiger partial charge in [-0.15, -0.1) is 0 Å². The summed E-state index contributed by atoms with van der Waals surface area (Å²) in [7, 11) is 1.53. The molecule has 0 N–H and O–H groups in total. The Labute approximate surface area is 161 Å². The molecule has 0 aliphatic carbocycles. The van der Waals surface area contributed by atoms with E-state index in [2.05, 4.69) is 4.99 Å². The van der Waals surface area contributed by atoms with E-state index in [-0.39, 0.29) is 4.80 Å². The molecule has 0 saturated heterocycles. The molecule has 2 aromatic carbocycles. The summed E-state index contributed by atoms with van der Waals surface area (Å²) in [6.45, 7) is 0.659. The third-order valence-electron chi connectivity index (χ3n) is 3.63. The standard InChI is InChI=1S/C17H12Cl2F2N2O2S/c1-25-8-7-23-15-12(6-5-9(18)14(15)19)26-17(23)22-16(24)13-10(20)3-2-4-11(13)21/h2-6H,7-8H2,1H3. The van der Waals surface area contributed by atoms with E-state index in [0.29, 0.717) is 28.7 Å². The highest BCUT2D eigenvalue weighted by atomic mass is 35.5. The van der Waals surface area contributed by atoms with E-state index in [1.165, 1.54) is 13.2 Å². The van der Waals surface area contributed by atoms with Gasteiger partial charge >= 0.3 is 0 Å². The minimum Gasteiger partial charge on any atom is -0.383 e. The molecule has 136 valence electrons. The first-order valence-electron chi connectivity index (χ1n) is 7.43. The van der Waals surface area contributed by atoms with Crippen LogP contribution < -0.4 is 4.80 Å². The maximum absolute atomic E-state index is 13.8. The Morgan fingerprint density at radius 1 is 1.23 bits per heavy atom. The van der Waals surface area contributed by atoms with Crippen LogP contribution in [-0.4, -0.2) is 24.2 Å². The fourth-order valence-corrected chi connectivity index (χ4v) is 3.96. The van der Waals surface area contributed by atoms with Gasteiger partial charge in [-0.2, -0.15) is 4.99 Å². The number of halogens is 4. The van der Waals surface area contributed by atoms with Crippen molar-refractivity contribution in [3.8, 4) is 0 Å². The van der Waals surface area contributed by atoms with Gasteiger partial charge in [-0.3, -0.25) is 4.79 Å². The van der Waals surface area contributed by atoms with Crippen LogP contribution in [-0.2, 0) is 11.3 Å². The van der Waals surface area contributed by atoms with Crippen LogP contribution in [0.15, 0.2) is 35.3 Å². The minimum absolute atomic E-state index is 0.244. The highest BCUT2D eigenvalue weighted by Gasteiger charge is 2.18. The van der Waals surface area contributed by atoms with Crippen LogP contribution in [0.4, 0.5) is 8.78 Å². The predicted octanol–water partition coefficient (Wildman–Crippen LogP) is 4.68. The number of hydrogen-bond acceptors (Lipinski definition) is 3. The predicted molar refractivity (Wildman–Crippen MR) is 98.0 cm³/mol. The molecule has 0 unspecified atom stereocenters. The SMILES string of the molecule is COCCn1c(=NC(=O)c2c(F)cccc2F)sc2ccc(Cl)c(Cl)c21. The lowest BCUT2D eigenvalue weighted by Gasteiger charge is -2.06. The van der Waals surface area contributed by atoms with Gasteiger partial charge in [0.2, 0.25) is 0 Å². The van der Waals surface area contributed by atoms with Crippen molar-refractivity contribution in [2.45, 2.75) is 6.54 Å². The summed E-state index contributed by atoms with van der Waals surface area (Å²) in [5.74, 6) is -2.95. The number of carbonyl (C=O) groups is 1. The van der Waals surface area contributed by atoms with E-state index >= 15 is 0 Å². The normalized spacial score (nSPS) is 12.1. The van der Waals surface area contributed by atoms with Crippen molar-refractivity contribution in [3.63, 3.8) is 0 Å². The molecule has 0 saturated carbocycles. The zero-order chi connectivity index (χ0) is 18.8. The lowest BCUT2D eigenvalue weighted by molar-refractivity contribution is 0.0989. The smallest absolute Gasteiger partial charge is 0.285 e. The summed E-state index contributed by atoms with van der Waals surface area (Å²) in [5, 5.41) is 0.656. The first-order valence-corrected chi connectivity index (χ1v) is 9.00. The number of aromatic nitrogens is 1. The van der Waals surface area contributed by atoms with Gasteiger partial charge in [-0.25, -0.2) is 8.78 Å². The summed E-state index contributed by atoms with van der Waals surface area (Å²) in [4.78, 5) is 16.5. The van der Waals surface area contributed by atoms with Gasteiger partial charge in [0.15, 0.2) is 4.80 Å². The molecule has 0 atom stereocenters. The van der Waals surface area contributed by atoms with Gasteiger partial charge in [0.05, 0.1) is 26.9 Å². The molecular formula is C17H12Cl2F2N2O2S. The van der Waals surface area contributed by atoms with Crippen LogP contribution in [0.2, 0.25) is 10.0 Å². The molecule has 26 heavy (non-hydrogen) atoms. The molecule has 3 rings (SSSR count). The average Bonchev–Trinajstić information content (AvgIpc) is 2.94. The molecule has 3 aromatic rings. The molecule has 0 fully saturated rings. The van der Waals surface area contributed by atoms with Crippen molar-refractivity contribution in [2.24, 2.45) is 4.99 Å². The van der Waals surface area contributed by atoms with Gasteiger partial charge in [0.25, 0.3) is 5.91 Å². The second-order valence-electron chi connectivity index (χ2n) is 5.25. The van der Waals surface area contributed by atoms with E-state index in [4.69, 9.17) is 27.9 Å². The number of rotatable bonds is 4.